The molecule has 3 aromatic rings. The van der Waals surface area contributed by atoms with Crippen molar-refractivity contribution in [1.82, 2.24) is 30.6 Å². The van der Waals surface area contributed by atoms with E-state index in [0.717, 1.165) is 0 Å². The van der Waals surface area contributed by atoms with Gasteiger partial charge in [0.05, 0.1) is 6.20 Å². The summed E-state index contributed by atoms with van der Waals surface area (Å²) in [6.07, 6.45) is 4.13. The topological polar surface area (TPSA) is 150 Å². The summed E-state index contributed by atoms with van der Waals surface area (Å²) in [4.78, 5) is 50.7. The van der Waals surface area contributed by atoms with E-state index in [1.54, 1.807) is 6.92 Å². The average molecular weight is 426 g/mol. The average Bonchev–Trinajstić information content (AvgIpc) is 2.78. The number of nitrogens with one attached hydrogen (secondary N) is 3. The molecule has 10 nitrogen and oxygen atoms in total. The summed E-state index contributed by atoms with van der Waals surface area (Å²) in [6.45, 7) is 1.80. The van der Waals surface area contributed by atoms with Gasteiger partial charge < -0.3 is 20.7 Å². The van der Waals surface area contributed by atoms with Crippen LogP contribution in [-0.4, -0.2) is 43.4 Å². The van der Waals surface area contributed by atoms with Crippen molar-refractivity contribution in [2.45, 2.75) is 19.4 Å². The number of benzene rings is 1. The van der Waals surface area contributed by atoms with Gasteiger partial charge in [-0.1, -0.05) is 19.1 Å². The molecule has 0 aliphatic rings. The largest absolute Gasteiger partial charge is 0.501 e. The molecule has 0 saturated heterocycles. The number of H-pyrrole nitrogens is 1. The first-order valence-corrected chi connectivity index (χ1v) is 9.25. The number of nitrogens with zero attached hydrogens (tertiary/aromatic N) is 3. The van der Waals surface area contributed by atoms with Gasteiger partial charge in [0, 0.05) is 31.4 Å². The summed E-state index contributed by atoms with van der Waals surface area (Å²) >= 11 is 0. The molecule has 0 fully saturated rings. The fourth-order valence-electron chi connectivity index (χ4n) is 2.59. The number of hydrogen-bond acceptors (Lipinski definition) is 7. The lowest BCUT2D eigenvalue weighted by Crippen LogP contribution is -2.31. The molecule has 11 heteroatoms. The summed E-state index contributed by atoms with van der Waals surface area (Å²) in [5.74, 6) is -2.85. The van der Waals surface area contributed by atoms with Crippen LogP contribution in [0.2, 0.25) is 0 Å². The zero-order valence-electron chi connectivity index (χ0n) is 16.4. The van der Waals surface area contributed by atoms with E-state index in [1.807, 2.05) is 0 Å². The smallest absolute Gasteiger partial charge is 0.293 e. The van der Waals surface area contributed by atoms with Crippen molar-refractivity contribution in [3.63, 3.8) is 0 Å². The molecule has 0 bridgehead atoms. The number of aromatic amines is 1. The van der Waals surface area contributed by atoms with Crippen LogP contribution in [0.1, 0.15) is 45.2 Å². The Labute approximate surface area is 175 Å². The van der Waals surface area contributed by atoms with Gasteiger partial charge in [0.25, 0.3) is 17.4 Å². The molecule has 160 valence electrons. The monoisotopic (exact) mass is 426 g/mol. The van der Waals surface area contributed by atoms with E-state index in [1.165, 1.54) is 42.9 Å². The molecule has 2 aromatic heterocycles. The molecule has 1 unspecified atom stereocenters. The van der Waals surface area contributed by atoms with Crippen molar-refractivity contribution < 1.29 is 19.1 Å². The van der Waals surface area contributed by atoms with Gasteiger partial charge >= 0.3 is 0 Å². The Balaban J connectivity index is 1.69. The van der Waals surface area contributed by atoms with Gasteiger partial charge in [-0.05, 0) is 17.7 Å². The number of aromatic hydroxyl groups is 1. The maximum Gasteiger partial charge on any atom is 0.293 e. The fourth-order valence-corrected chi connectivity index (χ4v) is 2.59. The Hall–Kier alpha value is -4.15. The van der Waals surface area contributed by atoms with Gasteiger partial charge in [-0.2, -0.15) is 0 Å². The third-order valence-corrected chi connectivity index (χ3v) is 4.33. The van der Waals surface area contributed by atoms with Crippen molar-refractivity contribution in [2.24, 2.45) is 0 Å². The molecule has 2 amide bonds. The van der Waals surface area contributed by atoms with Gasteiger partial charge in [0.15, 0.2) is 5.69 Å². The fraction of sp³-hybridized carbons (Fsp3) is 0.200. The Morgan fingerprint density at radius 3 is 2.58 bits per heavy atom. The summed E-state index contributed by atoms with van der Waals surface area (Å²) in [5.41, 5.74) is -0.584. The van der Waals surface area contributed by atoms with Crippen molar-refractivity contribution in [1.29, 1.82) is 0 Å². The quantitative estimate of drug-likeness (QED) is 0.438. The molecule has 0 radical (unpaired) electrons. The van der Waals surface area contributed by atoms with Gasteiger partial charge in [-0.25, -0.2) is 14.4 Å². The van der Waals surface area contributed by atoms with E-state index >= 15 is 0 Å². The number of aromatic nitrogens is 4. The van der Waals surface area contributed by atoms with Crippen LogP contribution in [0, 0.1) is 5.82 Å². The highest BCUT2D eigenvalue weighted by atomic mass is 19.1. The van der Waals surface area contributed by atoms with Crippen LogP contribution in [0.15, 0.2) is 47.7 Å². The molecule has 0 aliphatic carbocycles. The minimum absolute atomic E-state index is 0.0477. The van der Waals surface area contributed by atoms with Gasteiger partial charge in [-0.3, -0.25) is 19.4 Å². The number of carbonyl (C=O) groups is 2. The van der Waals surface area contributed by atoms with Gasteiger partial charge in [-0.15, -0.1) is 0 Å². The second-order valence-corrected chi connectivity index (χ2v) is 6.66. The number of amides is 2. The second kappa shape index (κ2) is 9.57. The molecule has 2 heterocycles. The molecule has 4 N–H and O–H groups in total. The number of carbonyl (C=O) groups excluding carboxylic acids is 2. The Morgan fingerprint density at radius 1 is 1.16 bits per heavy atom. The molecule has 0 saturated carbocycles. The number of hydrogen-bond donors (Lipinski definition) is 4. The van der Waals surface area contributed by atoms with Gasteiger partial charge in [0.2, 0.25) is 5.75 Å². The molecule has 0 spiro atoms. The molecular weight excluding hydrogens is 407 g/mol. The van der Waals surface area contributed by atoms with Crippen LogP contribution in [0.4, 0.5) is 4.39 Å². The summed E-state index contributed by atoms with van der Waals surface area (Å²) in [5, 5.41) is 15.1. The Morgan fingerprint density at radius 2 is 1.90 bits per heavy atom. The summed E-state index contributed by atoms with van der Waals surface area (Å²) in [7, 11) is 0. The summed E-state index contributed by atoms with van der Waals surface area (Å²) in [6, 6.07) is 5.49. The highest BCUT2D eigenvalue weighted by molar-refractivity contribution is 5.94. The van der Waals surface area contributed by atoms with Crippen molar-refractivity contribution >= 4 is 11.8 Å². The van der Waals surface area contributed by atoms with E-state index in [9.17, 15) is 23.9 Å². The third-order valence-electron chi connectivity index (χ3n) is 4.33. The number of rotatable bonds is 7. The van der Waals surface area contributed by atoms with Crippen LogP contribution >= 0.6 is 0 Å². The van der Waals surface area contributed by atoms with Crippen molar-refractivity contribution in [3.05, 3.63) is 81.8 Å². The summed E-state index contributed by atoms with van der Waals surface area (Å²) < 4.78 is 13.0. The molecule has 0 aliphatic heterocycles. The first kappa shape index (κ1) is 21.6. The molecule has 1 atom stereocenters. The van der Waals surface area contributed by atoms with Crippen LogP contribution in [0.25, 0.3) is 0 Å². The SMILES string of the molecule is CC(CNC(=O)c1cnccn1)c1nc(C(=O)NCc2ccc(F)cc2)c(O)c(=O)[nH]1. The zero-order chi connectivity index (χ0) is 22.4. The molecule has 1 aromatic carbocycles. The predicted molar refractivity (Wildman–Crippen MR) is 107 cm³/mol. The minimum atomic E-state index is -0.885. The Bertz CT molecular complexity index is 1130. The molecule has 3 rings (SSSR count). The first-order valence-electron chi connectivity index (χ1n) is 9.25. The highest BCUT2D eigenvalue weighted by Crippen LogP contribution is 2.14. The van der Waals surface area contributed by atoms with E-state index in [-0.39, 0.29) is 24.6 Å². The third kappa shape index (κ3) is 5.47. The normalized spacial score (nSPS) is 11.5. The van der Waals surface area contributed by atoms with E-state index in [2.05, 4.69) is 30.6 Å². The van der Waals surface area contributed by atoms with Crippen LogP contribution in [-0.2, 0) is 6.54 Å². The lowest BCUT2D eigenvalue weighted by Gasteiger charge is -2.13. The van der Waals surface area contributed by atoms with Crippen LogP contribution < -0.4 is 16.2 Å². The highest BCUT2D eigenvalue weighted by Gasteiger charge is 2.20. The lowest BCUT2D eigenvalue weighted by molar-refractivity contribution is 0.0933. The maximum absolute atomic E-state index is 13.0. The van der Waals surface area contributed by atoms with Crippen LogP contribution in [0.5, 0.6) is 5.75 Å². The lowest BCUT2D eigenvalue weighted by atomic mass is 10.1. The van der Waals surface area contributed by atoms with E-state index < -0.39 is 40.6 Å². The molecular formula is C20H19FN6O4. The zero-order valence-corrected chi connectivity index (χ0v) is 16.4. The standard InChI is InChI=1S/C20H19FN6O4/c1-11(8-24-18(29)14-10-22-6-7-23-14)17-26-15(16(28)20(31)27-17)19(30)25-9-12-2-4-13(21)5-3-12/h2-7,10-11,28H,8-9H2,1H3,(H,24,29)(H,25,30)(H,26,27,31). The van der Waals surface area contributed by atoms with Crippen molar-refractivity contribution in [2.75, 3.05) is 6.54 Å². The second-order valence-electron chi connectivity index (χ2n) is 6.66. The van der Waals surface area contributed by atoms with Gasteiger partial charge in [0.1, 0.15) is 17.3 Å². The maximum atomic E-state index is 13.0. The van der Waals surface area contributed by atoms with Crippen molar-refractivity contribution in [3.8, 4) is 5.75 Å². The van der Waals surface area contributed by atoms with E-state index in [0.29, 0.717) is 5.56 Å². The minimum Gasteiger partial charge on any atom is -0.501 e. The Kier molecular flexibility index (Phi) is 6.65. The first-order chi connectivity index (χ1) is 14.8. The van der Waals surface area contributed by atoms with Crippen LogP contribution in [0.3, 0.4) is 0 Å². The predicted octanol–water partition coefficient (Wildman–Crippen LogP) is 0.868. The molecule has 31 heavy (non-hydrogen) atoms. The van der Waals surface area contributed by atoms with E-state index in [4.69, 9.17) is 0 Å². The number of halogens is 1.